The summed E-state index contributed by atoms with van der Waals surface area (Å²) in [4.78, 5) is 15.5. The number of anilines is 1. The van der Waals surface area contributed by atoms with Crippen LogP contribution in [0.25, 0.3) is 10.4 Å². The van der Waals surface area contributed by atoms with E-state index in [-0.39, 0.29) is 11.6 Å². The second-order valence-electron chi connectivity index (χ2n) is 6.16. The van der Waals surface area contributed by atoms with Crippen molar-refractivity contribution in [1.29, 1.82) is 0 Å². The third-order valence-corrected chi connectivity index (χ3v) is 5.60. The molecule has 0 bridgehead atoms. The Bertz CT molecular complexity index is 1030. The molecule has 3 nitrogen and oxygen atoms in total. The first-order valence-electron chi connectivity index (χ1n) is 8.15. The molecule has 0 aliphatic carbocycles. The summed E-state index contributed by atoms with van der Waals surface area (Å²) in [5, 5.41) is 0. The Hall–Kier alpha value is -2.80. The Balaban J connectivity index is 1.66. The molecule has 0 saturated carbocycles. The number of carbonyl (C=O) groups excluding carboxylic acids is 1. The molecule has 1 aromatic heterocycles. The molecule has 0 fully saturated rings. The van der Waals surface area contributed by atoms with Crippen LogP contribution in [0.2, 0.25) is 0 Å². The maximum atomic E-state index is 12.9. The van der Waals surface area contributed by atoms with E-state index in [1.165, 1.54) is 35.4 Å². The highest BCUT2D eigenvalue weighted by atomic mass is 32.1. The molecule has 2 heterocycles. The molecule has 3 aromatic rings. The minimum atomic E-state index is -4.46. The maximum Gasteiger partial charge on any atom is 0.416 e. The van der Waals surface area contributed by atoms with Gasteiger partial charge in [-0.15, -0.1) is 11.3 Å². The molecule has 4 rings (SSSR count). The second-order valence-corrected chi connectivity index (χ2v) is 7.21. The van der Waals surface area contributed by atoms with Gasteiger partial charge in [0, 0.05) is 28.7 Å². The van der Waals surface area contributed by atoms with E-state index < -0.39 is 11.7 Å². The van der Waals surface area contributed by atoms with Crippen molar-refractivity contribution in [2.45, 2.75) is 12.8 Å². The van der Waals surface area contributed by atoms with E-state index in [1.807, 2.05) is 24.3 Å². The SMILES string of the molecule is CN(C(=O)c1cc2c(s1)-c1ccccc1OC2)c1cccc(C(F)(F)F)c1. The number of halogens is 3. The standard InChI is InChI=1S/C20H14F3NO2S/c1-24(14-6-4-5-13(10-14)20(21,22)23)19(25)17-9-12-11-26-16-8-3-2-7-15(16)18(12)27-17/h2-10H,11H2,1H3. The van der Waals surface area contributed by atoms with Gasteiger partial charge in [0.25, 0.3) is 5.91 Å². The number of ether oxygens (including phenoxy) is 1. The molecule has 0 radical (unpaired) electrons. The van der Waals surface area contributed by atoms with Crippen LogP contribution < -0.4 is 9.64 Å². The maximum absolute atomic E-state index is 12.9. The van der Waals surface area contributed by atoms with E-state index in [2.05, 4.69) is 0 Å². The van der Waals surface area contributed by atoms with Gasteiger partial charge < -0.3 is 9.64 Å². The first-order valence-corrected chi connectivity index (χ1v) is 8.96. The zero-order valence-electron chi connectivity index (χ0n) is 14.2. The van der Waals surface area contributed by atoms with Crippen molar-refractivity contribution in [2.75, 3.05) is 11.9 Å². The number of para-hydroxylation sites is 1. The van der Waals surface area contributed by atoms with Gasteiger partial charge in [0.1, 0.15) is 12.4 Å². The van der Waals surface area contributed by atoms with Crippen LogP contribution in [-0.4, -0.2) is 13.0 Å². The Kier molecular flexibility index (Phi) is 4.19. The lowest BCUT2D eigenvalue weighted by atomic mass is 10.1. The number of amides is 1. The predicted octanol–water partition coefficient (Wildman–Crippen LogP) is 5.60. The lowest BCUT2D eigenvalue weighted by Gasteiger charge is -2.18. The van der Waals surface area contributed by atoms with Crippen molar-refractivity contribution < 1.29 is 22.7 Å². The van der Waals surface area contributed by atoms with Crippen LogP contribution in [-0.2, 0) is 12.8 Å². The smallest absolute Gasteiger partial charge is 0.416 e. The molecular weight excluding hydrogens is 375 g/mol. The lowest BCUT2D eigenvalue weighted by Crippen LogP contribution is -2.25. The molecule has 0 N–H and O–H groups in total. The van der Waals surface area contributed by atoms with Crippen LogP contribution in [0.4, 0.5) is 18.9 Å². The monoisotopic (exact) mass is 389 g/mol. The molecular formula is C20H14F3NO2S. The molecule has 0 unspecified atom stereocenters. The number of carbonyl (C=O) groups is 1. The Morgan fingerprint density at radius 3 is 2.67 bits per heavy atom. The summed E-state index contributed by atoms with van der Waals surface area (Å²) >= 11 is 1.33. The summed E-state index contributed by atoms with van der Waals surface area (Å²) in [7, 11) is 1.47. The number of thiophene rings is 1. The van der Waals surface area contributed by atoms with Gasteiger partial charge in [-0.25, -0.2) is 0 Å². The van der Waals surface area contributed by atoms with Crippen LogP contribution in [0.3, 0.4) is 0 Å². The van der Waals surface area contributed by atoms with Crippen LogP contribution in [0.5, 0.6) is 5.75 Å². The number of fused-ring (bicyclic) bond motifs is 3. The highest BCUT2D eigenvalue weighted by Gasteiger charge is 2.31. The summed E-state index contributed by atoms with van der Waals surface area (Å²) in [5.41, 5.74) is 1.23. The normalized spacial score (nSPS) is 12.7. The minimum absolute atomic E-state index is 0.192. The molecule has 27 heavy (non-hydrogen) atoms. The molecule has 1 amide bonds. The van der Waals surface area contributed by atoms with E-state index >= 15 is 0 Å². The molecule has 0 spiro atoms. The predicted molar refractivity (Wildman–Crippen MR) is 98.3 cm³/mol. The number of nitrogens with zero attached hydrogens (tertiary/aromatic N) is 1. The van der Waals surface area contributed by atoms with Gasteiger partial charge in [-0.05, 0) is 36.4 Å². The fraction of sp³-hybridized carbons (Fsp3) is 0.150. The van der Waals surface area contributed by atoms with E-state index in [9.17, 15) is 18.0 Å². The average molecular weight is 389 g/mol. The van der Waals surface area contributed by atoms with Crippen LogP contribution >= 0.6 is 11.3 Å². The lowest BCUT2D eigenvalue weighted by molar-refractivity contribution is -0.137. The van der Waals surface area contributed by atoms with Gasteiger partial charge in [0.15, 0.2) is 0 Å². The Morgan fingerprint density at radius 2 is 1.89 bits per heavy atom. The molecule has 0 saturated heterocycles. The van der Waals surface area contributed by atoms with Gasteiger partial charge in [0.05, 0.1) is 10.4 Å². The van der Waals surface area contributed by atoms with Crippen LogP contribution in [0, 0.1) is 0 Å². The molecule has 2 aromatic carbocycles. The highest BCUT2D eigenvalue weighted by Crippen LogP contribution is 2.42. The number of rotatable bonds is 2. The number of benzene rings is 2. The summed E-state index contributed by atoms with van der Waals surface area (Å²) < 4.78 is 44.5. The van der Waals surface area contributed by atoms with Crippen LogP contribution in [0.1, 0.15) is 20.8 Å². The molecule has 7 heteroatoms. The van der Waals surface area contributed by atoms with Gasteiger partial charge in [0.2, 0.25) is 0 Å². The first-order chi connectivity index (χ1) is 12.8. The molecule has 138 valence electrons. The number of alkyl halides is 3. The highest BCUT2D eigenvalue weighted by molar-refractivity contribution is 7.17. The summed E-state index contributed by atoms with van der Waals surface area (Å²) in [6.07, 6.45) is -4.46. The van der Waals surface area contributed by atoms with Crippen molar-refractivity contribution in [3.63, 3.8) is 0 Å². The van der Waals surface area contributed by atoms with E-state index in [1.54, 1.807) is 6.07 Å². The Labute approximate surface area is 157 Å². The summed E-state index contributed by atoms with van der Waals surface area (Å²) in [6.45, 7) is 0.364. The number of hydrogen-bond acceptors (Lipinski definition) is 3. The van der Waals surface area contributed by atoms with Crippen molar-refractivity contribution in [3.05, 3.63) is 70.6 Å². The van der Waals surface area contributed by atoms with Crippen molar-refractivity contribution >= 4 is 22.9 Å². The minimum Gasteiger partial charge on any atom is -0.488 e. The van der Waals surface area contributed by atoms with E-state index in [4.69, 9.17) is 4.74 Å². The van der Waals surface area contributed by atoms with Crippen molar-refractivity contribution in [1.82, 2.24) is 0 Å². The van der Waals surface area contributed by atoms with Gasteiger partial charge >= 0.3 is 6.18 Å². The molecule has 1 aliphatic rings. The van der Waals surface area contributed by atoms with Crippen molar-refractivity contribution in [2.24, 2.45) is 0 Å². The van der Waals surface area contributed by atoms with E-state index in [0.717, 1.165) is 33.9 Å². The third-order valence-electron chi connectivity index (χ3n) is 4.40. The van der Waals surface area contributed by atoms with Crippen molar-refractivity contribution in [3.8, 4) is 16.2 Å². The second kappa shape index (κ2) is 6.42. The van der Waals surface area contributed by atoms with Crippen LogP contribution in [0.15, 0.2) is 54.6 Å². The number of hydrogen-bond donors (Lipinski definition) is 0. The largest absolute Gasteiger partial charge is 0.488 e. The zero-order chi connectivity index (χ0) is 19.2. The van der Waals surface area contributed by atoms with E-state index in [0.29, 0.717) is 11.5 Å². The molecule has 0 atom stereocenters. The fourth-order valence-corrected chi connectivity index (χ4v) is 4.15. The van der Waals surface area contributed by atoms with Gasteiger partial charge in [-0.3, -0.25) is 4.79 Å². The Morgan fingerprint density at radius 1 is 1.11 bits per heavy atom. The fourth-order valence-electron chi connectivity index (χ4n) is 2.98. The van der Waals surface area contributed by atoms with Gasteiger partial charge in [-0.2, -0.15) is 13.2 Å². The summed E-state index contributed by atoms with van der Waals surface area (Å²) in [6, 6.07) is 14.1. The quantitative estimate of drug-likeness (QED) is 0.571. The van der Waals surface area contributed by atoms with Gasteiger partial charge in [-0.1, -0.05) is 18.2 Å². The first kappa shape index (κ1) is 17.6. The zero-order valence-corrected chi connectivity index (χ0v) is 15.0. The summed E-state index contributed by atoms with van der Waals surface area (Å²) in [5.74, 6) is 0.406. The topological polar surface area (TPSA) is 29.5 Å². The average Bonchev–Trinajstić information content (AvgIpc) is 3.11. The molecule has 1 aliphatic heterocycles. The third kappa shape index (κ3) is 3.19.